The second kappa shape index (κ2) is 12.7. The van der Waals surface area contributed by atoms with Crippen molar-refractivity contribution < 1.29 is 28.6 Å². The Hall–Kier alpha value is -3.62. The van der Waals surface area contributed by atoms with E-state index in [0.717, 1.165) is 40.8 Å². The van der Waals surface area contributed by atoms with Crippen LogP contribution in [0.25, 0.3) is 0 Å². The van der Waals surface area contributed by atoms with Gasteiger partial charge in [0.1, 0.15) is 0 Å². The van der Waals surface area contributed by atoms with Gasteiger partial charge in [0.25, 0.3) is 0 Å². The van der Waals surface area contributed by atoms with Crippen molar-refractivity contribution >= 4 is 29.2 Å². The van der Waals surface area contributed by atoms with E-state index in [2.05, 4.69) is 12.2 Å². The second-order valence-electron chi connectivity index (χ2n) is 10.9. The Morgan fingerprint density at radius 2 is 1.71 bits per heavy atom. The molecule has 2 heterocycles. The van der Waals surface area contributed by atoms with E-state index in [-0.39, 0.29) is 37.3 Å². The van der Waals surface area contributed by atoms with Gasteiger partial charge in [0.15, 0.2) is 11.6 Å². The lowest BCUT2D eigenvalue weighted by Gasteiger charge is -2.27. The van der Waals surface area contributed by atoms with E-state index in [1.165, 1.54) is 6.07 Å². The van der Waals surface area contributed by atoms with Gasteiger partial charge in [-0.1, -0.05) is 63.1 Å². The zero-order valence-corrected chi connectivity index (χ0v) is 24.8. The van der Waals surface area contributed by atoms with Crippen molar-refractivity contribution in [3.8, 4) is 11.5 Å². The Bertz CT molecular complexity index is 1450. The summed E-state index contributed by atoms with van der Waals surface area (Å²) >= 11 is 6.32. The summed E-state index contributed by atoms with van der Waals surface area (Å²) in [7, 11) is 0. The average molecular weight is 595 g/mol. The minimum atomic E-state index is -1.01. The number of amides is 1. The minimum absolute atomic E-state index is 0.0318. The lowest BCUT2D eigenvalue weighted by molar-refractivity contribution is -0.143. The van der Waals surface area contributed by atoms with Crippen LogP contribution in [-0.4, -0.2) is 41.8 Å². The number of nitrogens with zero attached hydrogens (tertiary/aromatic N) is 1. The van der Waals surface area contributed by atoms with Crippen molar-refractivity contribution in [3.63, 3.8) is 0 Å². The Labute approximate surface area is 250 Å². The molecule has 1 saturated heterocycles. The number of aryl methyl sites for hydroxylation is 3. The first kappa shape index (κ1) is 29.9. The number of rotatable bonds is 10. The quantitative estimate of drug-likeness (QED) is 0.269. The normalized spacial score (nSPS) is 19.7. The average Bonchev–Trinajstić information content (AvgIpc) is 3.59. The van der Waals surface area contributed by atoms with Gasteiger partial charge < -0.3 is 19.9 Å². The van der Waals surface area contributed by atoms with E-state index in [1.807, 2.05) is 55.1 Å². The smallest absolute Gasteiger partial charge is 0.309 e. The SMILES string of the molecule is CCCc1ccc([C@H]2C(C(=O)O)[C@@H](c3cc(F)c4c(c3)OCO4)CN2CC(=O)Nc2c(CC)cc(Cl)cc2CC)cc1. The van der Waals surface area contributed by atoms with E-state index in [4.69, 9.17) is 21.1 Å². The van der Waals surface area contributed by atoms with E-state index in [9.17, 15) is 19.1 Å². The molecule has 3 aromatic rings. The van der Waals surface area contributed by atoms with E-state index < -0.39 is 29.7 Å². The molecule has 2 aliphatic heterocycles. The number of ether oxygens (including phenoxy) is 2. The molecule has 0 aromatic heterocycles. The Kier molecular flexibility index (Phi) is 9.04. The van der Waals surface area contributed by atoms with Crippen LogP contribution in [0.1, 0.15) is 67.0 Å². The van der Waals surface area contributed by atoms with Crippen LogP contribution in [0.4, 0.5) is 10.1 Å². The fraction of sp³-hybridized carbons (Fsp3) is 0.394. The summed E-state index contributed by atoms with van der Waals surface area (Å²) in [6.45, 7) is 6.23. The molecule has 0 saturated carbocycles. The number of carbonyl (C=O) groups excluding carboxylic acids is 1. The molecule has 0 aliphatic carbocycles. The highest BCUT2D eigenvalue weighted by Gasteiger charge is 2.48. The topological polar surface area (TPSA) is 88.1 Å². The number of nitrogens with one attached hydrogen (secondary N) is 1. The van der Waals surface area contributed by atoms with E-state index >= 15 is 0 Å². The molecule has 0 spiro atoms. The first-order valence-corrected chi connectivity index (χ1v) is 14.9. The maximum Gasteiger partial charge on any atom is 0.309 e. The molecule has 5 rings (SSSR count). The zero-order chi connectivity index (χ0) is 30.0. The van der Waals surface area contributed by atoms with Gasteiger partial charge in [-0.3, -0.25) is 14.5 Å². The van der Waals surface area contributed by atoms with Gasteiger partial charge in [-0.15, -0.1) is 0 Å². The van der Waals surface area contributed by atoms with Gasteiger partial charge in [0.2, 0.25) is 18.4 Å². The summed E-state index contributed by atoms with van der Waals surface area (Å²) in [6, 6.07) is 14.0. The van der Waals surface area contributed by atoms with Crippen LogP contribution in [0.5, 0.6) is 11.5 Å². The molecule has 9 heteroatoms. The van der Waals surface area contributed by atoms with Crippen molar-refractivity contribution in [1.29, 1.82) is 0 Å². The highest BCUT2D eigenvalue weighted by Crippen LogP contribution is 2.48. The van der Waals surface area contributed by atoms with Gasteiger partial charge in [-0.2, -0.15) is 0 Å². The molecular formula is C33H36ClFN2O5. The first-order chi connectivity index (χ1) is 20.2. The maximum absolute atomic E-state index is 15.0. The summed E-state index contributed by atoms with van der Waals surface area (Å²) in [6.07, 6.45) is 3.30. The molecule has 0 radical (unpaired) electrons. The highest BCUT2D eigenvalue weighted by molar-refractivity contribution is 6.30. The van der Waals surface area contributed by atoms with Gasteiger partial charge in [-0.05, 0) is 71.3 Å². The molecule has 222 valence electrons. The molecule has 3 aromatic carbocycles. The molecular weight excluding hydrogens is 559 g/mol. The van der Waals surface area contributed by atoms with Gasteiger partial charge in [-0.25, -0.2) is 4.39 Å². The van der Waals surface area contributed by atoms with Crippen LogP contribution in [0, 0.1) is 11.7 Å². The van der Waals surface area contributed by atoms with Gasteiger partial charge in [0.05, 0.1) is 12.5 Å². The molecule has 42 heavy (non-hydrogen) atoms. The van der Waals surface area contributed by atoms with Crippen molar-refractivity contribution in [2.75, 3.05) is 25.2 Å². The monoisotopic (exact) mass is 594 g/mol. The third-order valence-corrected chi connectivity index (χ3v) is 8.48. The summed E-state index contributed by atoms with van der Waals surface area (Å²) < 4.78 is 25.6. The largest absolute Gasteiger partial charge is 0.481 e. The standard InChI is InChI=1S/C33H36ClFN2O5/c1-4-7-19-8-10-22(11-9-19)31-29(33(39)40)25(23-14-26(35)32-27(15-23)41-18-42-32)16-37(31)17-28(38)36-30-20(5-2)12-24(34)13-21(30)6-3/h8-15,25,29,31H,4-7,16-18H2,1-3H3,(H,36,38)(H,39,40)/t25-,29?,31+/m1/s1. The number of carbonyl (C=O) groups is 2. The summed E-state index contributed by atoms with van der Waals surface area (Å²) in [4.78, 5) is 28.4. The molecule has 1 amide bonds. The molecule has 2 N–H and O–H groups in total. The Morgan fingerprint density at radius 3 is 2.33 bits per heavy atom. The number of likely N-dealkylation sites (tertiary alicyclic amines) is 1. The van der Waals surface area contributed by atoms with Crippen molar-refractivity contribution in [3.05, 3.63) is 87.2 Å². The molecule has 7 nitrogen and oxygen atoms in total. The van der Waals surface area contributed by atoms with Crippen molar-refractivity contribution in [2.45, 2.75) is 58.4 Å². The number of benzene rings is 3. The van der Waals surface area contributed by atoms with Gasteiger partial charge >= 0.3 is 5.97 Å². The second-order valence-corrected chi connectivity index (χ2v) is 11.4. The highest BCUT2D eigenvalue weighted by atomic mass is 35.5. The fourth-order valence-corrected chi connectivity index (χ4v) is 6.57. The van der Waals surface area contributed by atoms with E-state index in [1.54, 1.807) is 6.07 Å². The molecule has 1 fully saturated rings. The number of carboxylic acids is 1. The molecule has 0 bridgehead atoms. The number of halogens is 2. The Balaban J connectivity index is 1.50. The number of carboxylic acid groups (broad SMARTS) is 1. The lowest BCUT2D eigenvalue weighted by atomic mass is 9.82. The third kappa shape index (κ3) is 5.96. The van der Waals surface area contributed by atoms with Gasteiger partial charge in [0, 0.05) is 29.2 Å². The number of fused-ring (bicyclic) bond motifs is 1. The van der Waals surface area contributed by atoms with Crippen LogP contribution >= 0.6 is 11.6 Å². The predicted octanol–water partition coefficient (Wildman–Crippen LogP) is 6.77. The molecule has 1 unspecified atom stereocenters. The Morgan fingerprint density at radius 1 is 1.02 bits per heavy atom. The third-order valence-electron chi connectivity index (χ3n) is 8.26. The summed E-state index contributed by atoms with van der Waals surface area (Å²) in [5, 5.41) is 14.3. The predicted molar refractivity (Wildman–Crippen MR) is 160 cm³/mol. The summed E-state index contributed by atoms with van der Waals surface area (Å²) in [5.74, 6) is -3.09. The number of anilines is 1. The minimum Gasteiger partial charge on any atom is -0.481 e. The van der Waals surface area contributed by atoms with Crippen LogP contribution in [-0.2, 0) is 28.9 Å². The lowest BCUT2D eigenvalue weighted by Crippen LogP contribution is -2.35. The molecule has 3 atom stereocenters. The first-order valence-electron chi connectivity index (χ1n) is 14.5. The van der Waals surface area contributed by atoms with Crippen LogP contribution in [0.15, 0.2) is 48.5 Å². The van der Waals surface area contributed by atoms with Crippen LogP contribution < -0.4 is 14.8 Å². The molecule has 2 aliphatic rings. The number of aliphatic carboxylic acids is 1. The summed E-state index contributed by atoms with van der Waals surface area (Å²) in [5.41, 5.74) is 5.08. The maximum atomic E-state index is 15.0. The fourth-order valence-electron chi connectivity index (χ4n) is 6.31. The zero-order valence-electron chi connectivity index (χ0n) is 24.1. The van der Waals surface area contributed by atoms with E-state index in [0.29, 0.717) is 23.4 Å². The number of hydrogen-bond donors (Lipinski definition) is 2. The van der Waals surface area contributed by atoms with Crippen molar-refractivity contribution in [1.82, 2.24) is 4.90 Å². The number of hydrogen-bond acceptors (Lipinski definition) is 5. The van der Waals surface area contributed by atoms with Crippen LogP contribution in [0.2, 0.25) is 5.02 Å². The van der Waals surface area contributed by atoms with Crippen molar-refractivity contribution in [2.24, 2.45) is 5.92 Å². The van der Waals surface area contributed by atoms with Crippen LogP contribution in [0.3, 0.4) is 0 Å².